The first-order valence-electron chi connectivity index (χ1n) is 9.65. The van der Waals surface area contributed by atoms with Gasteiger partial charge in [-0.2, -0.15) is 0 Å². The van der Waals surface area contributed by atoms with Crippen molar-refractivity contribution in [1.29, 1.82) is 0 Å². The van der Waals surface area contributed by atoms with Crippen LogP contribution in [-0.2, 0) is 29.0 Å². The highest BCUT2D eigenvalue weighted by Crippen LogP contribution is 2.35. The van der Waals surface area contributed by atoms with E-state index in [1.54, 1.807) is 18.4 Å². The van der Waals surface area contributed by atoms with Crippen LogP contribution in [0.2, 0.25) is 0 Å². The van der Waals surface area contributed by atoms with Crippen molar-refractivity contribution in [1.82, 2.24) is 19.7 Å². The highest BCUT2D eigenvalue weighted by atomic mass is 32.1. The molecule has 4 rings (SSSR count). The second kappa shape index (κ2) is 8.29. The summed E-state index contributed by atoms with van der Waals surface area (Å²) in [7, 11) is 1.58. The van der Waals surface area contributed by atoms with E-state index in [0.717, 1.165) is 29.7 Å². The van der Waals surface area contributed by atoms with Gasteiger partial charge < -0.3 is 4.74 Å². The van der Waals surface area contributed by atoms with E-state index < -0.39 is 6.04 Å². The Kier molecular flexibility index (Phi) is 5.75. The number of fused-ring (bicyclic) bond motifs is 3. The zero-order chi connectivity index (χ0) is 20.5. The highest BCUT2D eigenvalue weighted by Gasteiger charge is 2.26. The van der Waals surface area contributed by atoms with Gasteiger partial charge >= 0.3 is 0 Å². The van der Waals surface area contributed by atoms with Crippen molar-refractivity contribution in [3.63, 3.8) is 0 Å². The van der Waals surface area contributed by atoms with Crippen LogP contribution in [0, 0.1) is 5.92 Å². The number of rotatable bonds is 6. The largest absolute Gasteiger partial charge is 0.377 e. The van der Waals surface area contributed by atoms with E-state index in [9.17, 15) is 9.59 Å². The molecule has 0 aromatic carbocycles. The fourth-order valence-electron chi connectivity index (χ4n) is 3.75. The van der Waals surface area contributed by atoms with Crippen molar-refractivity contribution in [3.05, 3.63) is 32.1 Å². The SMILES string of the molecule is CCC(C(=O)Nc1nnc(COC)s1)n1cnc2sc3c(c2c1=O)CCC(C)C3. The van der Waals surface area contributed by atoms with E-state index in [2.05, 4.69) is 27.4 Å². The van der Waals surface area contributed by atoms with Gasteiger partial charge in [-0.05, 0) is 37.2 Å². The van der Waals surface area contributed by atoms with Crippen molar-refractivity contribution in [2.75, 3.05) is 12.4 Å². The molecule has 1 N–H and O–H groups in total. The number of methoxy groups -OCH3 is 1. The first-order valence-corrected chi connectivity index (χ1v) is 11.3. The lowest BCUT2D eigenvalue weighted by molar-refractivity contribution is -0.119. The number of anilines is 1. The zero-order valence-electron chi connectivity index (χ0n) is 16.6. The normalized spacial score (nSPS) is 17.3. The summed E-state index contributed by atoms with van der Waals surface area (Å²) in [6, 6.07) is -0.660. The van der Waals surface area contributed by atoms with Gasteiger partial charge in [0.05, 0.1) is 11.7 Å². The van der Waals surface area contributed by atoms with Gasteiger partial charge in [-0.15, -0.1) is 21.5 Å². The number of nitrogens with one attached hydrogen (secondary N) is 1. The van der Waals surface area contributed by atoms with Crippen molar-refractivity contribution in [2.45, 2.75) is 52.2 Å². The minimum Gasteiger partial charge on any atom is -0.377 e. The van der Waals surface area contributed by atoms with Crippen LogP contribution in [0.1, 0.15) is 48.2 Å². The molecule has 1 aliphatic carbocycles. The Morgan fingerprint density at radius 1 is 1.41 bits per heavy atom. The van der Waals surface area contributed by atoms with Gasteiger partial charge in [0.15, 0.2) is 0 Å². The van der Waals surface area contributed by atoms with Gasteiger partial charge in [0.25, 0.3) is 5.56 Å². The lowest BCUT2D eigenvalue weighted by atomic mass is 9.89. The summed E-state index contributed by atoms with van der Waals surface area (Å²) in [5, 5.41) is 12.5. The van der Waals surface area contributed by atoms with E-state index in [-0.39, 0.29) is 11.5 Å². The predicted molar refractivity (Wildman–Crippen MR) is 114 cm³/mol. The van der Waals surface area contributed by atoms with Crippen LogP contribution in [0.25, 0.3) is 10.2 Å². The maximum atomic E-state index is 13.3. The molecule has 29 heavy (non-hydrogen) atoms. The summed E-state index contributed by atoms with van der Waals surface area (Å²) in [6.45, 7) is 4.46. The van der Waals surface area contributed by atoms with E-state index in [1.165, 1.54) is 27.1 Å². The van der Waals surface area contributed by atoms with Crippen LogP contribution >= 0.6 is 22.7 Å². The fourth-order valence-corrected chi connectivity index (χ4v) is 5.80. The minimum absolute atomic E-state index is 0.138. The van der Waals surface area contributed by atoms with Gasteiger partial charge in [0, 0.05) is 12.0 Å². The third kappa shape index (κ3) is 3.84. The monoisotopic (exact) mass is 433 g/mol. The number of nitrogens with zero attached hydrogens (tertiary/aromatic N) is 4. The second-order valence-corrected chi connectivity index (χ2v) is 9.48. The van der Waals surface area contributed by atoms with Gasteiger partial charge in [0.1, 0.15) is 22.5 Å². The molecule has 8 nitrogen and oxygen atoms in total. The number of hydrogen-bond acceptors (Lipinski definition) is 8. The molecule has 0 bridgehead atoms. The molecule has 0 spiro atoms. The zero-order valence-corrected chi connectivity index (χ0v) is 18.2. The Labute approximate surface area is 176 Å². The summed E-state index contributed by atoms with van der Waals surface area (Å²) in [5.41, 5.74) is 0.986. The number of carbonyl (C=O) groups excluding carboxylic acids is 1. The van der Waals surface area contributed by atoms with Gasteiger partial charge in [0.2, 0.25) is 11.0 Å². The fraction of sp³-hybridized carbons (Fsp3) is 0.526. The summed E-state index contributed by atoms with van der Waals surface area (Å²) >= 11 is 2.87. The number of aryl methyl sites for hydroxylation is 1. The van der Waals surface area contributed by atoms with Crippen molar-refractivity contribution in [2.24, 2.45) is 5.92 Å². The molecular weight excluding hydrogens is 410 g/mol. The molecule has 0 fully saturated rings. The molecular formula is C19H23N5O3S2. The van der Waals surface area contributed by atoms with E-state index in [4.69, 9.17) is 4.74 Å². The van der Waals surface area contributed by atoms with Crippen molar-refractivity contribution in [3.8, 4) is 0 Å². The highest BCUT2D eigenvalue weighted by molar-refractivity contribution is 7.18. The van der Waals surface area contributed by atoms with Crippen molar-refractivity contribution < 1.29 is 9.53 Å². The predicted octanol–water partition coefficient (Wildman–Crippen LogP) is 3.17. The molecule has 3 heterocycles. The Bertz CT molecular complexity index is 1100. The molecule has 2 unspecified atom stereocenters. The number of aromatic nitrogens is 4. The first-order chi connectivity index (χ1) is 14.0. The standard InChI is InChI=1S/C19H23N5O3S2/c1-4-12(16(25)21-19-23-22-14(29-19)8-27-3)24-9-20-17-15(18(24)26)11-6-5-10(2)7-13(11)28-17/h9-10,12H,4-8H2,1-3H3,(H,21,23,25). The number of carbonyl (C=O) groups is 1. The number of ether oxygens (including phenoxy) is 1. The molecule has 0 aliphatic heterocycles. The third-order valence-corrected chi connectivity index (χ3v) is 7.21. The van der Waals surface area contributed by atoms with Crippen molar-refractivity contribution >= 4 is 43.9 Å². The lowest BCUT2D eigenvalue weighted by Crippen LogP contribution is -2.33. The maximum absolute atomic E-state index is 13.3. The average molecular weight is 434 g/mol. The van der Waals surface area contributed by atoms with Crippen LogP contribution in [-0.4, -0.2) is 32.8 Å². The molecule has 1 aliphatic rings. The summed E-state index contributed by atoms with van der Waals surface area (Å²) in [6.07, 6.45) is 4.93. The minimum atomic E-state index is -0.660. The smallest absolute Gasteiger partial charge is 0.263 e. The van der Waals surface area contributed by atoms with Crippen LogP contribution in [0.5, 0.6) is 0 Å². The molecule has 10 heteroatoms. The Hall–Kier alpha value is -2.17. The van der Waals surface area contributed by atoms with Gasteiger partial charge in [-0.3, -0.25) is 19.5 Å². The number of amides is 1. The molecule has 3 aromatic rings. The summed E-state index contributed by atoms with van der Waals surface area (Å²) in [4.78, 5) is 32.7. The van der Waals surface area contributed by atoms with Gasteiger partial charge in [-0.25, -0.2) is 4.98 Å². The summed E-state index contributed by atoms with van der Waals surface area (Å²) in [5.74, 6) is 0.329. The maximum Gasteiger partial charge on any atom is 0.263 e. The van der Waals surface area contributed by atoms with Crippen LogP contribution in [0.4, 0.5) is 5.13 Å². The molecule has 3 aromatic heterocycles. The van der Waals surface area contributed by atoms with E-state index in [1.807, 2.05) is 6.92 Å². The van der Waals surface area contributed by atoms with Crippen LogP contribution < -0.4 is 10.9 Å². The van der Waals surface area contributed by atoms with Crippen LogP contribution in [0.3, 0.4) is 0 Å². The molecule has 1 amide bonds. The molecule has 0 saturated carbocycles. The first kappa shape index (κ1) is 20.1. The topological polar surface area (TPSA) is 99.0 Å². The quantitative estimate of drug-likeness (QED) is 0.641. The number of thiophene rings is 1. The second-order valence-electron chi connectivity index (χ2n) is 7.34. The molecule has 154 valence electrons. The van der Waals surface area contributed by atoms with Gasteiger partial charge in [-0.1, -0.05) is 25.2 Å². The number of hydrogen-bond donors (Lipinski definition) is 1. The molecule has 2 atom stereocenters. The lowest BCUT2D eigenvalue weighted by Gasteiger charge is -2.18. The van der Waals surface area contributed by atoms with E-state index >= 15 is 0 Å². The Morgan fingerprint density at radius 3 is 3.00 bits per heavy atom. The average Bonchev–Trinajstić information content (AvgIpc) is 3.28. The summed E-state index contributed by atoms with van der Waals surface area (Å²) < 4.78 is 6.49. The van der Waals surface area contributed by atoms with Crippen LogP contribution in [0.15, 0.2) is 11.1 Å². The Morgan fingerprint density at radius 2 is 2.24 bits per heavy atom. The third-order valence-electron chi connectivity index (χ3n) is 5.23. The Balaban J connectivity index is 1.65. The van der Waals surface area contributed by atoms with E-state index in [0.29, 0.717) is 34.5 Å². The molecule has 0 radical (unpaired) electrons. The molecule has 0 saturated heterocycles.